The molecule has 0 spiro atoms. The quantitative estimate of drug-likeness (QED) is 0.858. The molecular formula is C11H15N5O. The molecular weight excluding hydrogens is 218 g/mol. The Bertz CT molecular complexity index is 508. The molecule has 0 saturated heterocycles. The van der Waals surface area contributed by atoms with E-state index < -0.39 is 0 Å². The standard InChI is InChI=1S/C11H15N5O/c1-3-4-8-13-5-6-16(8)11-9(17-2)10(12)14-7-15-11/h5-7H,3-4H2,1-2H3,(H2,12,14,15). The summed E-state index contributed by atoms with van der Waals surface area (Å²) in [5.41, 5.74) is 5.75. The van der Waals surface area contributed by atoms with E-state index in [0.29, 0.717) is 17.4 Å². The maximum atomic E-state index is 5.75. The van der Waals surface area contributed by atoms with Crippen LogP contribution < -0.4 is 10.5 Å². The molecule has 0 aliphatic carbocycles. The van der Waals surface area contributed by atoms with Crippen LogP contribution in [0.15, 0.2) is 18.7 Å². The van der Waals surface area contributed by atoms with Gasteiger partial charge in [0.15, 0.2) is 11.6 Å². The highest BCUT2D eigenvalue weighted by Crippen LogP contribution is 2.26. The van der Waals surface area contributed by atoms with Gasteiger partial charge in [-0.3, -0.25) is 4.57 Å². The molecule has 2 heterocycles. The van der Waals surface area contributed by atoms with Gasteiger partial charge in [0.25, 0.3) is 0 Å². The number of methoxy groups -OCH3 is 1. The van der Waals surface area contributed by atoms with Crippen molar-refractivity contribution < 1.29 is 4.74 Å². The lowest BCUT2D eigenvalue weighted by molar-refractivity contribution is 0.410. The summed E-state index contributed by atoms with van der Waals surface area (Å²) >= 11 is 0. The lowest BCUT2D eigenvalue weighted by atomic mass is 10.3. The van der Waals surface area contributed by atoms with E-state index in [9.17, 15) is 0 Å². The molecule has 2 aromatic heterocycles. The van der Waals surface area contributed by atoms with Crippen LogP contribution in [0.1, 0.15) is 19.2 Å². The van der Waals surface area contributed by atoms with Gasteiger partial charge in [0.2, 0.25) is 5.75 Å². The number of aromatic nitrogens is 4. The first-order chi connectivity index (χ1) is 8.27. The third kappa shape index (κ3) is 2.06. The van der Waals surface area contributed by atoms with Gasteiger partial charge in [-0.15, -0.1) is 0 Å². The average Bonchev–Trinajstić information content (AvgIpc) is 2.77. The van der Waals surface area contributed by atoms with Crippen LogP contribution in [0.2, 0.25) is 0 Å². The van der Waals surface area contributed by atoms with Crippen molar-refractivity contribution in [3.05, 3.63) is 24.5 Å². The first kappa shape index (κ1) is 11.4. The molecule has 0 atom stereocenters. The third-order valence-electron chi connectivity index (χ3n) is 2.44. The molecule has 0 aliphatic heterocycles. The molecule has 2 rings (SSSR count). The fourth-order valence-electron chi connectivity index (χ4n) is 1.68. The van der Waals surface area contributed by atoms with E-state index in [1.165, 1.54) is 6.33 Å². The predicted molar refractivity (Wildman–Crippen MR) is 64.1 cm³/mol. The number of nitrogen functional groups attached to an aromatic ring is 1. The van der Waals surface area contributed by atoms with Gasteiger partial charge in [-0.05, 0) is 6.42 Å². The number of aryl methyl sites for hydroxylation is 1. The zero-order valence-electron chi connectivity index (χ0n) is 9.92. The Morgan fingerprint density at radius 2 is 2.18 bits per heavy atom. The van der Waals surface area contributed by atoms with E-state index in [1.54, 1.807) is 13.3 Å². The number of nitrogens with zero attached hydrogens (tertiary/aromatic N) is 4. The molecule has 90 valence electrons. The summed E-state index contributed by atoms with van der Waals surface area (Å²) in [6.45, 7) is 2.10. The Hall–Kier alpha value is -2.11. The van der Waals surface area contributed by atoms with Gasteiger partial charge in [-0.1, -0.05) is 6.92 Å². The van der Waals surface area contributed by atoms with E-state index >= 15 is 0 Å². The molecule has 0 aliphatic rings. The van der Waals surface area contributed by atoms with Crippen molar-refractivity contribution in [3.8, 4) is 11.6 Å². The van der Waals surface area contributed by atoms with Gasteiger partial charge in [0.05, 0.1) is 7.11 Å². The second-order valence-corrected chi connectivity index (χ2v) is 3.58. The van der Waals surface area contributed by atoms with Crippen LogP contribution in [0.5, 0.6) is 5.75 Å². The number of ether oxygens (including phenoxy) is 1. The second-order valence-electron chi connectivity index (χ2n) is 3.58. The Morgan fingerprint density at radius 1 is 1.35 bits per heavy atom. The molecule has 0 fully saturated rings. The number of anilines is 1. The summed E-state index contributed by atoms with van der Waals surface area (Å²) in [6.07, 6.45) is 6.89. The zero-order valence-corrected chi connectivity index (χ0v) is 9.92. The number of rotatable bonds is 4. The highest BCUT2D eigenvalue weighted by molar-refractivity contribution is 5.55. The SMILES string of the molecule is CCCc1nccn1-c1ncnc(N)c1OC. The first-order valence-corrected chi connectivity index (χ1v) is 5.45. The Kier molecular flexibility index (Phi) is 3.22. The van der Waals surface area contributed by atoms with E-state index in [4.69, 9.17) is 10.5 Å². The third-order valence-corrected chi connectivity index (χ3v) is 2.44. The molecule has 0 radical (unpaired) electrons. The molecule has 17 heavy (non-hydrogen) atoms. The molecule has 0 bridgehead atoms. The summed E-state index contributed by atoms with van der Waals surface area (Å²) < 4.78 is 7.11. The van der Waals surface area contributed by atoms with Gasteiger partial charge in [0.1, 0.15) is 12.2 Å². The molecule has 0 saturated carbocycles. The Morgan fingerprint density at radius 3 is 2.88 bits per heavy atom. The monoisotopic (exact) mass is 233 g/mol. The van der Waals surface area contributed by atoms with Crippen molar-refractivity contribution in [2.24, 2.45) is 0 Å². The summed E-state index contributed by atoms with van der Waals surface area (Å²) in [5, 5.41) is 0. The maximum Gasteiger partial charge on any atom is 0.204 e. The van der Waals surface area contributed by atoms with E-state index in [0.717, 1.165) is 18.7 Å². The van der Waals surface area contributed by atoms with Crippen LogP contribution in [0, 0.1) is 0 Å². The minimum absolute atomic E-state index is 0.327. The number of nitrogens with two attached hydrogens (primary N) is 1. The smallest absolute Gasteiger partial charge is 0.204 e. The largest absolute Gasteiger partial charge is 0.490 e. The van der Waals surface area contributed by atoms with Gasteiger partial charge in [0, 0.05) is 18.8 Å². The Labute approximate surface area is 99.5 Å². The lowest BCUT2D eigenvalue weighted by Gasteiger charge is -2.11. The topological polar surface area (TPSA) is 78.9 Å². The molecule has 6 heteroatoms. The fraction of sp³-hybridized carbons (Fsp3) is 0.364. The van der Waals surface area contributed by atoms with Crippen molar-refractivity contribution in [2.75, 3.05) is 12.8 Å². The zero-order chi connectivity index (χ0) is 12.3. The van der Waals surface area contributed by atoms with Crippen LogP contribution in [0.3, 0.4) is 0 Å². The minimum atomic E-state index is 0.327. The molecule has 0 aromatic carbocycles. The Balaban J connectivity index is 2.52. The van der Waals surface area contributed by atoms with Gasteiger partial charge < -0.3 is 10.5 Å². The van der Waals surface area contributed by atoms with Crippen LogP contribution in [-0.2, 0) is 6.42 Å². The summed E-state index contributed by atoms with van der Waals surface area (Å²) in [7, 11) is 1.55. The van der Waals surface area contributed by atoms with Crippen molar-refractivity contribution in [1.82, 2.24) is 19.5 Å². The molecule has 0 amide bonds. The average molecular weight is 233 g/mol. The van der Waals surface area contributed by atoms with Crippen molar-refractivity contribution in [3.63, 3.8) is 0 Å². The number of hydrogen-bond acceptors (Lipinski definition) is 5. The van der Waals surface area contributed by atoms with Gasteiger partial charge in [-0.25, -0.2) is 15.0 Å². The van der Waals surface area contributed by atoms with Crippen LogP contribution in [0.25, 0.3) is 5.82 Å². The summed E-state index contributed by atoms with van der Waals surface area (Å²) in [5.74, 6) is 2.36. The molecule has 2 N–H and O–H groups in total. The van der Waals surface area contributed by atoms with Crippen molar-refractivity contribution in [1.29, 1.82) is 0 Å². The van der Waals surface area contributed by atoms with Crippen LogP contribution >= 0.6 is 0 Å². The number of imidazole rings is 1. The molecule has 2 aromatic rings. The normalized spacial score (nSPS) is 10.5. The van der Waals surface area contributed by atoms with E-state index in [-0.39, 0.29) is 0 Å². The van der Waals surface area contributed by atoms with Crippen molar-refractivity contribution >= 4 is 5.82 Å². The van der Waals surface area contributed by atoms with Gasteiger partial charge in [-0.2, -0.15) is 0 Å². The first-order valence-electron chi connectivity index (χ1n) is 5.45. The predicted octanol–water partition coefficient (Wildman–Crippen LogP) is 1.21. The fourth-order valence-corrected chi connectivity index (χ4v) is 1.68. The summed E-state index contributed by atoms with van der Waals surface area (Å²) in [6, 6.07) is 0. The molecule has 0 unspecified atom stereocenters. The lowest BCUT2D eigenvalue weighted by Crippen LogP contribution is -2.07. The second kappa shape index (κ2) is 4.82. The van der Waals surface area contributed by atoms with E-state index in [2.05, 4.69) is 21.9 Å². The van der Waals surface area contributed by atoms with Crippen LogP contribution in [-0.4, -0.2) is 26.6 Å². The van der Waals surface area contributed by atoms with E-state index in [1.807, 2.05) is 10.8 Å². The summed E-state index contributed by atoms with van der Waals surface area (Å²) in [4.78, 5) is 12.4. The minimum Gasteiger partial charge on any atom is -0.490 e. The highest BCUT2D eigenvalue weighted by atomic mass is 16.5. The maximum absolute atomic E-state index is 5.75. The van der Waals surface area contributed by atoms with Crippen LogP contribution in [0.4, 0.5) is 5.82 Å². The highest BCUT2D eigenvalue weighted by Gasteiger charge is 2.14. The number of hydrogen-bond donors (Lipinski definition) is 1. The van der Waals surface area contributed by atoms with Crippen molar-refractivity contribution in [2.45, 2.75) is 19.8 Å². The molecule has 6 nitrogen and oxygen atoms in total. The van der Waals surface area contributed by atoms with Gasteiger partial charge >= 0.3 is 0 Å².